The Bertz CT molecular complexity index is 696. The number of fused-ring (bicyclic) bond motifs is 3. The maximum Gasteiger partial charge on any atom is 0.373 e. The third-order valence-corrected chi connectivity index (χ3v) is 2.52. The quantitative estimate of drug-likeness (QED) is 0.683. The summed E-state index contributed by atoms with van der Waals surface area (Å²) in [6.45, 7) is 0. The standard InChI is InChI=1S/C12H7N3O2/c16-12(17)11-14-6-7-2-1-3-9-8(4-5-13-9)10(7)15-11/h1-6H,(H,16,17). The largest absolute Gasteiger partial charge is 0.475 e. The Morgan fingerprint density at radius 1 is 1.18 bits per heavy atom. The summed E-state index contributed by atoms with van der Waals surface area (Å²) in [7, 11) is 0. The molecule has 1 aromatic heterocycles. The zero-order valence-corrected chi connectivity index (χ0v) is 8.66. The fraction of sp³-hybridized carbons (Fsp3) is 0. The van der Waals surface area contributed by atoms with Crippen molar-refractivity contribution in [3.8, 4) is 11.3 Å². The van der Waals surface area contributed by atoms with Gasteiger partial charge >= 0.3 is 5.97 Å². The molecule has 0 spiro atoms. The molecule has 0 fully saturated rings. The predicted octanol–water partition coefficient (Wildman–Crippen LogP) is 1.83. The van der Waals surface area contributed by atoms with E-state index in [1.165, 1.54) is 6.20 Å². The summed E-state index contributed by atoms with van der Waals surface area (Å²) in [5.74, 6) is -1.34. The summed E-state index contributed by atoms with van der Waals surface area (Å²) in [5, 5.41) is 9.68. The molecule has 3 rings (SSSR count). The highest BCUT2D eigenvalue weighted by Gasteiger charge is 2.12. The van der Waals surface area contributed by atoms with E-state index >= 15 is 0 Å². The fourth-order valence-corrected chi connectivity index (χ4v) is 1.75. The molecule has 0 bridgehead atoms. The molecule has 0 saturated carbocycles. The molecule has 2 aliphatic rings. The number of hydrogen-bond donors (Lipinski definition) is 1. The topological polar surface area (TPSA) is 76.0 Å². The van der Waals surface area contributed by atoms with Gasteiger partial charge in [0.15, 0.2) is 0 Å². The van der Waals surface area contributed by atoms with Crippen molar-refractivity contribution in [3.63, 3.8) is 0 Å². The van der Waals surface area contributed by atoms with E-state index < -0.39 is 5.97 Å². The monoisotopic (exact) mass is 225 g/mol. The highest BCUT2D eigenvalue weighted by molar-refractivity contribution is 5.94. The van der Waals surface area contributed by atoms with Crippen molar-refractivity contribution in [2.45, 2.75) is 0 Å². The zero-order chi connectivity index (χ0) is 11.8. The Balaban J connectivity index is 2.43. The van der Waals surface area contributed by atoms with Crippen LogP contribution in [0.1, 0.15) is 10.6 Å². The Labute approximate surface area is 96.1 Å². The van der Waals surface area contributed by atoms with Crippen LogP contribution in [-0.2, 0) is 0 Å². The summed E-state index contributed by atoms with van der Waals surface area (Å²) in [6.07, 6.45) is 3.19. The molecular weight excluding hydrogens is 218 g/mol. The molecule has 1 aliphatic carbocycles. The van der Waals surface area contributed by atoms with E-state index in [1.54, 1.807) is 6.20 Å². The van der Waals surface area contributed by atoms with Gasteiger partial charge in [-0.15, -0.1) is 0 Å². The molecule has 1 aliphatic heterocycles. The van der Waals surface area contributed by atoms with Crippen molar-refractivity contribution in [3.05, 3.63) is 42.5 Å². The second kappa shape index (κ2) is 3.48. The Kier molecular flexibility index (Phi) is 1.98. The first-order valence-corrected chi connectivity index (χ1v) is 4.99. The maximum atomic E-state index is 10.9. The van der Waals surface area contributed by atoms with Gasteiger partial charge in [-0.3, -0.25) is 4.98 Å². The van der Waals surface area contributed by atoms with Crippen LogP contribution in [0.5, 0.6) is 0 Å². The van der Waals surface area contributed by atoms with Gasteiger partial charge in [0.25, 0.3) is 0 Å². The average Bonchev–Trinajstić information content (AvgIpc) is 2.71. The van der Waals surface area contributed by atoms with Gasteiger partial charge in [0.05, 0.1) is 11.2 Å². The number of hydrogen-bond acceptors (Lipinski definition) is 4. The molecule has 0 saturated heterocycles. The Hall–Kier alpha value is -2.56. The first kappa shape index (κ1) is 9.65. The minimum atomic E-state index is -1.13. The van der Waals surface area contributed by atoms with Gasteiger partial charge in [-0.2, -0.15) is 0 Å². The van der Waals surface area contributed by atoms with Gasteiger partial charge in [-0.1, -0.05) is 12.1 Å². The lowest BCUT2D eigenvalue weighted by Crippen LogP contribution is -2.03. The summed E-state index contributed by atoms with van der Waals surface area (Å²) < 4.78 is 0. The molecule has 0 amide bonds. The molecule has 1 aromatic rings. The molecule has 1 N–H and O–H groups in total. The summed E-state index contributed by atoms with van der Waals surface area (Å²) in [6, 6.07) is 7.36. The molecule has 17 heavy (non-hydrogen) atoms. The van der Waals surface area contributed by atoms with E-state index in [0.717, 1.165) is 16.6 Å². The molecule has 0 unspecified atom stereocenters. The lowest BCUT2D eigenvalue weighted by Gasteiger charge is -1.98. The lowest BCUT2D eigenvalue weighted by atomic mass is 10.2. The first-order chi connectivity index (χ1) is 8.25. The molecule has 82 valence electrons. The molecule has 5 heteroatoms. The molecule has 0 atom stereocenters. The molecule has 2 heterocycles. The Morgan fingerprint density at radius 2 is 2.06 bits per heavy atom. The SMILES string of the molecule is O=C(O)c1ncc2cccc3nccc-3c2n1. The minimum Gasteiger partial charge on any atom is -0.475 e. The first-order valence-electron chi connectivity index (χ1n) is 4.99. The van der Waals surface area contributed by atoms with Crippen LogP contribution in [0.25, 0.3) is 22.2 Å². The number of rotatable bonds is 1. The van der Waals surface area contributed by atoms with Crippen molar-refractivity contribution >= 4 is 16.9 Å². The van der Waals surface area contributed by atoms with Crippen LogP contribution in [0.2, 0.25) is 0 Å². The van der Waals surface area contributed by atoms with Gasteiger partial charge in [0, 0.05) is 23.3 Å². The van der Waals surface area contributed by atoms with Crippen LogP contribution in [-0.4, -0.2) is 26.0 Å². The number of carboxylic acids is 1. The van der Waals surface area contributed by atoms with Crippen molar-refractivity contribution in [2.24, 2.45) is 0 Å². The Morgan fingerprint density at radius 3 is 2.88 bits per heavy atom. The third-order valence-electron chi connectivity index (χ3n) is 2.52. The number of aromatic nitrogens is 3. The third kappa shape index (κ3) is 1.48. The molecular formula is C12H7N3O2. The predicted molar refractivity (Wildman–Crippen MR) is 60.9 cm³/mol. The van der Waals surface area contributed by atoms with Gasteiger partial charge in [0.2, 0.25) is 5.82 Å². The van der Waals surface area contributed by atoms with E-state index in [2.05, 4.69) is 15.0 Å². The van der Waals surface area contributed by atoms with Crippen molar-refractivity contribution in [1.82, 2.24) is 15.0 Å². The molecule has 0 aromatic carbocycles. The number of carbonyl (C=O) groups is 1. The fourth-order valence-electron chi connectivity index (χ4n) is 1.75. The minimum absolute atomic E-state index is 0.203. The van der Waals surface area contributed by atoms with Crippen LogP contribution in [0.3, 0.4) is 0 Å². The highest BCUT2D eigenvalue weighted by atomic mass is 16.4. The lowest BCUT2D eigenvalue weighted by molar-refractivity contribution is 0.0684. The maximum absolute atomic E-state index is 10.9. The van der Waals surface area contributed by atoms with Crippen LogP contribution in [0, 0.1) is 0 Å². The van der Waals surface area contributed by atoms with E-state index in [1.807, 2.05) is 24.3 Å². The van der Waals surface area contributed by atoms with Gasteiger partial charge < -0.3 is 5.11 Å². The average molecular weight is 225 g/mol. The van der Waals surface area contributed by atoms with E-state index in [9.17, 15) is 4.79 Å². The van der Waals surface area contributed by atoms with E-state index in [-0.39, 0.29) is 5.82 Å². The summed E-state index contributed by atoms with van der Waals surface area (Å²) >= 11 is 0. The van der Waals surface area contributed by atoms with E-state index in [4.69, 9.17) is 5.11 Å². The van der Waals surface area contributed by atoms with Crippen LogP contribution in [0.4, 0.5) is 0 Å². The number of nitrogens with zero attached hydrogens (tertiary/aromatic N) is 3. The zero-order valence-electron chi connectivity index (χ0n) is 8.66. The van der Waals surface area contributed by atoms with Crippen molar-refractivity contribution in [1.29, 1.82) is 0 Å². The highest BCUT2D eigenvalue weighted by Crippen LogP contribution is 2.26. The normalized spacial score (nSPS) is 10.8. The summed E-state index contributed by atoms with van der Waals surface area (Å²) in [5.41, 5.74) is 2.22. The van der Waals surface area contributed by atoms with Gasteiger partial charge in [-0.25, -0.2) is 14.8 Å². The number of carboxylic acid groups (broad SMARTS) is 1. The molecule has 5 nitrogen and oxygen atoms in total. The second-order valence-corrected chi connectivity index (χ2v) is 3.57. The van der Waals surface area contributed by atoms with E-state index in [0.29, 0.717) is 5.52 Å². The van der Waals surface area contributed by atoms with Crippen molar-refractivity contribution in [2.75, 3.05) is 0 Å². The van der Waals surface area contributed by atoms with Gasteiger partial charge in [0.1, 0.15) is 0 Å². The van der Waals surface area contributed by atoms with Crippen LogP contribution < -0.4 is 0 Å². The van der Waals surface area contributed by atoms with Gasteiger partial charge in [-0.05, 0) is 12.1 Å². The second-order valence-electron chi connectivity index (χ2n) is 3.57. The number of aromatic carboxylic acids is 1. The van der Waals surface area contributed by atoms with Crippen molar-refractivity contribution < 1.29 is 9.90 Å². The van der Waals surface area contributed by atoms with Crippen LogP contribution in [0.15, 0.2) is 36.7 Å². The smallest absolute Gasteiger partial charge is 0.373 e. The summed E-state index contributed by atoms with van der Waals surface area (Å²) in [4.78, 5) is 22.9. The van der Waals surface area contributed by atoms with Crippen LogP contribution >= 0.6 is 0 Å². The molecule has 0 radical (unpaired) electrons.